The van der Waals surface area contributed by atoms with Gasteiger partial charge < -0.3 is 14.2 Å². The molecule has 0 saturated carbocycles. The van der Waals surface area contributed by atoms with Gasteiger partial charge in [0.15, 0.2) is 23.7 Å². The highest BCUT2D eigenvalue weighted by atomic mass is 19.3. The van der Waals surface area contributed by atoms with Crippen molar-refractivity contribution in [2.24, 2.45) is 5.92 Å². The van der Waals surface area contributed by atoms with Crippen molar-refractivity contribution in [2.75, 3.05) is 13.2 Å². The van der Waals surface area contributed by atoms with E-state index in [0.717, 1.165) is 25.0 Å². The first kappa shape index (κ1) is 23.8. The Hall–Kier alpha value is -2.89. The predicted molar refractivity (Wildman–Crippen MR) is 108 cm³/mol. The lowest BCUT2D eigenvalue weighted by Crippen LogP contribution is -2.27. The summed E-state index contributed by atoms with van der Waals surface area (Å²) in [4.78, 5) is 0. The van der Waals surface area contributed by atoms with Crippen molar-refractivity contribution in [3.63, 3.8) is 0 Å². The molecule has 0 amide bonds. The van der Waals surface area contributed by atoms with Crippen LogP contribution in [0.5, 0.6) is 5.75 Å². The molecule has 8 heteroatoms. The molecule has 1 heterocycles. The summed E-state index contributed by atoms with van der Waals surface area (Å²) in [7, 11) is 0. The van der Waals surface area contributed by atoms with E-state index in [4.69, 9.17) is 9.47 Å². The molecule has 3 nitrogen and oxygen atoms in total. The van der Waals surface area contributed by atoms with Gasteiger partial charge in [0.25, 0.3) is 6.43 Å². The Morgan fingerprint density at radius 2 is 1.72 bits per heavy atom. The fourth-order valence-electron chi connectivity index (χ4n) is 3.14. The zero-order valence-electron chi connectivity index (χ0n) is 17.2. The molecule has 32 heavy (non-hydrogen) atoms. The van der Waals surface area contributed by atoms with Crippen LogP contribution < -0.4 is 4.74 Å². The highest BCUT2D eigenvalue weighted by Crippen LogP contribution is 2.28. The van der Waals surface area contributed by atoms with Gasteiger partial charge in [-0.25, -0.2) is 22.0 Å². The lowest BCUT2D eigenvalue weighted by Gasteiger charge is -2.29. The normalized spacial score (nSPS) is 18.6. The van der Waals surface area contributed by atoms with Crippen LogP contribution in [-0.4, -0.2) is 19.6 Å². The summed E-state index contributed by atoms with van der Waals surface area (Å²) in [6.07, 6.45) is -0.611. The van der Waals surface area contributed by atoms with Gasteiger partial charge in [0.1, 0.15) is 5.82 Å². The van der Waals surface area contributed by atoms with Crippen LogP contribution in [0, 0.1) is 35.2 Å². The number of allylic oxidation sites excluding steroid dienone is 1. The van der Waals surface area contributed by atoms with Crippen LogP contribution in [0.3, 0.4) is 0 Å². The number of rotatable bonds is 6. The van der Waals surface area contributed by atoms with Crippen molar-refractivity contribution in [1.29, 1.82) is 0 Å². The summed E-state index contributed by atoms with van der Waals surface area (Å²) in [6.45, 7) is 3.16. The molecule has 2 aromatic rings. The Kier molecular flexibility index (Phi) is 8.26. The van der Waals surface area contributed by atoms with Crippen LogP contribution in [0.4, 0.5) is 22.0 Å². The lowest BCUT2D eigenvalue weighted by molar-refractivity contribution is -0.206. The van der Waals surface area contributed by atoms with Crippen LogP contribution in [0.15, 0.2) is 42.7 Å². The van der Waals surface area contributed by atoms with Gasteiger partial charge in [-0.3, -0.25) is 0 Å². The molecule has 1 aliphatic rings. The van der Waals surface area contributed by atoms with Gasteiger partial charge in [-0.15, -0.1) is 0 Å². The maximum absolute atomic E-state index is 14.5. The first-order valence-electron chi connectivity index (χ1n) is 10.0. The maximum Gasteiger partial charge on any atom is 0.260 e. The second-order valence-corrected chi connectivity index (χ2v) is 7.19. The summed E-state index contributed by atoms with van der Waals surface area (Å²) in [5, 5.41) is 0. The number of ether oxygens (including phenoxy) is 3. The van der Waals surface area contributed by atoms with Crippen molar-refractivity contribution in [2.45, 2.75) is 32.5 Å². The second kappa shape index (κ2) is 11.1. The fraction of sp³-hybridized carbons (Fsp3) is 0.333. The lowest BCUT2D eigenvalue weighted by atomic mass is 10.0. The predicted octanol–water partition coefficient (Wildman–Crippen LogP) is 6.12. The average molecular weight is 452 g/mol. The smallest absolute Gasteiger partial charge is 0.260 e. The van der Waals surface area contributed by atoms with Crippen LogP contribution in [0.25, 0.3) is 0 Å². The topological polar surface area (TPSA) is 27.7 Å². The highest BCUT2D eigenvalue weighted by Gasteiger charge is 2.23. The second-order valence-electron chi connectivity index (χ2n) is 7.19. The van der Waals surface area contributed by atoms with Gasteiger partial charge >= 0.3 is 0 Å². The van der Waals surface area contributed by atoms with E-state index in [1.165, 1.54) is 12.1 Å². The van der Waals surface area contributed by atoms with Gasteiger partial charge in [0.2, 0.25) is 0 Å². The van der Waals surface area contributed by atoms with Crippen molar-refractivity contribution in [1.82, 2.24) is 0 Å². The molecule has 0 spiro atoms. The summed E-state index contributed by atoms with van der Waals surface area (Å²) >= 11 is 0. The minimum Gasteiger partial charge on any atom is -0.459 e. The molecule has 0 radical (unpaired) electrons. The molecule has 3 rings (SSSR count). The standard InChI is InChI=1S/C24H21F5O3/c1-2-3-16-13-31-24(32-14-16)18-7-6-17(19(25)12-18)5-4-15-10-20(26)23(21(27)11-15)30-9-8-22(28)29/h6-12,16,22,24H,2-3,13-14H2,1H3/b9-8+. The molecule has 170 valence electrons. The quantitative estimate of drug-likeness (QED) is 0.300. The SMILES string of the molecule is CCCC1COC(c2ccc(C#Cc3cc(F)c(O/C=C/C(F)F)c(F)c3)c(F)c2)OC1. The molecule has 0 atom stereocenters. The monoisotopic (exact) mass is 452 g/mol. The fourth-order valence-corrected chi connectivity index (χ4v) is 3.14. The van der Waals surface area contributed by atoms with E-state index in [0.29, 0.717) is 37.0 Å². The molecule has 1 saturated heterocycles. The van der Waals surface area contributed by atoms with E-state index in [1.807, 2.05) is 0 Å². The Balaban J connectivity index is 1.70. The number of benzene rings is 2. The van der Waals surface area contributed by atoms with Crippen molar-refractivity contribution in [3.05, 3.63) is 76.8 Å². The third-order valence-corrected chi connectivity index (χ3v) is 4.68. The van der Waals surface area contributed by atoms with Gasteiger partial charge in [-0.05, 0) is 30.7 Å². The van der Waals surface area contributed by atoms with Crippen LogP contribution >= 0.6 is 0 Å². The van der Waals surface area contributed by atoms with E-state index in [-0.39, 0.29) is 11.1 Å². The van der Waals surface area contributed by atoms with E-state index in [9.17, 15) is 22.0 Å². The molecule has 0 unspecified atom stereocenters. The molecule has 1 aliphatic heterocycles. The van der Waals surface area contributed by atoms with E-state index in [1.54, 1.807) is 6.07 Å². The van der Waals surface area contributed by atoms with E-state index < -0.39 is 35.9 Å². The number of hydrogen-bond acceptors (Lipinski definition) is 3. The summed E-state index contributed by atoms with van der Waals surface area (Å²) in [5.41, 5.74) is 0.461. The largest absolute Gasteiger partial charge is 0.459 e. The minimum absolute atomic E-state index is 0.0226. The molecular weight excluding hydrogens is 431 g/mol. The van der Waals surface area contributed by atoms with Gasteiger partial charge in [0, 0.05) is 23.1 Å². The Bertz CT molecular complexity index is 995. The third-order valence-electron chi connectivity index (χ3n) is 4.68. The first-order valence-corrected chi connectivity index (χ1v) is 10.0. The van der Waals surface area contributed by atoms with Crippen LogP contribution in [-0.2, 0) is 9.47 Å². The van der Waals surface area contributed by atoms with Crippen LogP contribution in [0.2, 0.25) is 0 Å². The molecule has 0 bridgehead atoms. The third kappa shape index (κ3) is 6.31. The summed E-state index contributed by atoms with van der Waals surface area (Å²) < 4.78 is 82.5. The number of hydrogen-bond donors (Lipinski definition) is 0. The minimum atomic E-state index is -2.82. The highest BCUT2D eigenvalue weighted by molar-refractivity contribution is 5.46. The van der Waals surface area contributed by atoms with Crippen LogP contribution in [0.1, 0.15) is 42.7 Å². The van der Waals surface area contributed by atoms with E-state index >= 15 is 0 Å². The van der Waals surface area contributed by atoms with E-state index in [2.05, 4.69) is 23.5 Å². The zero-order chi connectivity index (χ0) is 23.1. The zero-order valence-corrected chi connectivity index (χ0v) is 17.2. The van der Waals surface area contributed by atoms with Gasteiger partial charge in [-0.2, -0.15) is 0 Å². The molecule has 0 aromatic heterocycles. The molecule has 1 fully saturated rings. The Morgan fingerprint density at radius 1 is 1.03 bits per heavy atom. The summed E-state index contributed by atoms with van der Waals surface area (Å²) in [5.74, 6) is 1.60. The number of alkyl halides is 2. The van der Waals surface area contributed by atoms with Crippen molar-refractivity contribution < 1.29 is 36.2 Å². The van der Waals surface area contributed by atoms with Gasteiger partial charge in [-0.1, -0.05) is 31.3 Å². The first-order chi connectivity index (χ1) is 15.4. The van der Waals surface area contributed by atoms with Crippen molar-refractivity contribution in [3.8, 4) is 17.6 Å². The van der Waals surface area contributed by atoms with Crippen molar-refractivity contribution >= 4 is 0 Å². The maximum atomic E-state index is 14.5. The Labute approximate surface area is 182 Å². The van der Waals surface area contributed by atoms with Gasteiger partial charge in [0.05, 0.1) is 25.0 Å². The summed E-state index contributed by atoms with van der Waals surface area (Å²) in [6, 6.07) is 6.03. The molecule has 2 aromatic carbocycles. The molecule has 0 N–H and O–H groups in total. The average Bonchev–Trinajstić information content (AvgIpc) is 2.75. The molecular formula is C24H21F5O3. The number of halogens is 5. The molecule has 0 aliphatic carbocycles. The Morgan fingerprint density at radius 3 is 2.31 bits per heavy atom.